The highest BCUT2D eigenvalue weighted by atomic mass is 32.2. The van der Waals surface area contributed by atoms with Crippen LogP contribution in [-0.2, 0) is 0 Å². The monoisotopic (exact) mass is 284 g/mol. The van der Waals surface area contributed by atoms with Crippen LogP contribution in [0.15, 0.2) is 47.4 Å². The Morgan fingerprint density at radius 3 is 2.85 bits per heavy atom. The Morgan fingerprint density at radius 1 is 1.25 bits per heavy atom. The third-order valence-electron chi connectivity index (χ3n) is 3.63. The molecule has 1 amide bonds. The molecular formula is C16H16N2OS. The van der Waals surface area contributed by atoms with Gasteiger partial charge in [0.1, 0.15) is 0 Å². The van der Waals surface area contributed by atoms with Crippen molar-refractivity contribution in [2.24, 2.45) is 5.73 Å². The van der Waals surface area contributed by atoms with Gasteiger partial charge in [0, 0.05) is 21.9 Å². The van der Waals surface area contributed by atoms with Gasteiger partial charge in [-0.2, -0.15) is 0 Å². The summed E-state index contributed by atoms with van der Waals surface area (Å²) in [4.78, 5) is 12.7. The third kappa shape index (κ3) is 2.27. The molecule has 3 nitrogen and oxygen atoms in total. The van der Waals surface area contributed by atoms with E-state index in [2.05, 4.69) is 29.6 Å². The molecule has 1 atom stereocenters. The number of nitrogens with two attached hydrogens (primary N) is 1. The molecule has 0 radical (unpaired) electrons. The Bertz CT molecular complexity index is 669. The van der Waals surface area contributed by atoms with Crippen molar-refractivity contribution in [1.82, 2.24) is 0 Å². The fourth-order valence-electron chi connectivity index (χ4n) is 2.53. The summed E-state index contributed by atoms with van der Waals surface area (Å²) in [5, 5.41) is 3.53. The van der Waals surface area contributed by atoms with E-state index in [0.717, 1.165) is 17.0 Å². The first-order valence-corrected chi connectivity index (χ1v) is 7.53. The largest absolute Gasteiger partial charge is 0.377 e. The van der Waals surface area contributed by atoms with Gasteiger partial charge in [-0.05, 0) is 36.2 Å². The van der Waals surface area contributed by atoms with Crippen molar-refractivity contribution in [3.63, 3.8) is 0 Å². The lowest BCUT2D eigenvalue weighted by molar-refractivity contribution is 0.1000. The van der Waals surface area contributed by atoms with E-state index in [0.29, 0.717) is 5.56 Å². The number of carbonyl (C=O) groups is 1. The molecule has 0 spiro atoms. The summed E-state index contributed by atoms with van der Waals surface area (Å²) in [5.41, 5.74) is 9.18. The molecule has 102 valence electrons. The zero-order valence-electron chi connectivity index (χ0n) is 11.2. The molecule has 1 unspecified atom stereocenters. The second-order valence-electron chi connectivity index (χ2n) is 4.89. The maximum absolute atomic E-state index is 11.4. The lowest BCUT2D eigenvalue weighted by Crippen LogP contribution is -2.15. The molecule has 3 rings (SSSR count). The van der Waals surface area contributed by atoms with Gasteiger partial charge in [0.2, 0.25) is 5.91 Å². The number of carbonyl (C=O) groups excluding carboxylic acids is 1. The summed E-state index contributed by atoms with van der Waals surface area (Å²) in [6.07, 6.45) is 0. The predicted octanol–water partition coefficient (Wildman–Crippen LogP) is 3.35. The molecule has 1 heterocycles. The second kappa shape index (κ2) is 5.21. The lowest BCUT2D eigenvalue weighted by Gasteiger charge is -2.17. The van der Waals surface area contributed by atoms with Crippen LogP contribution < -0.4 is 11.1 Å². The van der Waals surface area contributed by atoms with Crippen molar-refractivity contribution in [3.05, 3.63) is 59.2 Å². The minimum Gasteiger partial charge on any atom is -0.377 e. The van der Waals surface area contributed by atoms with E-state index in [1.165, 1.54) is 10.5 Å². The van der Waals surface area contributed by atoms with Crippen molar-refractivity contribution < 1.29 is 4.79 Å². The van der Waals surface area contributed by atoms with Crippen molar-refractivity contribution >= 4 is 23.4 Å². The number of amides is 1. The van der Waals surface area contributed by atoms with E-state index in [1.54, 1.807) is 6.07 Å². The van der Waals surface area contributed by atoms with Crippen molar-refractivity contribution in [3.8, 4) is 0 Å². The van der Waals surface area contributed by atoms with Crippen molar-refractivity contribution in [2.75, 3.05) is 11.1 Å². The quantitative estimate of drug-likeness (QED) is 0.908. The number of benzene rings is 2. The number of anilines is 1. The SMILES string of the molecule is Cc1c(NC2CSc3ccccc32)cccc1C(N)=O. The molecule has 1 aliphatic heterocycles. The molecule has 4 heteroatoms. The van der Waals surface area contributed by atoms with Gasteiger partial charge in [-0.1, -0.05) is 24.3 Å². The maximum Gasteiger partial charge on any atom is 0.249 e. The van der Waals surface area contributed by atoms with E-state index in [9.17, 15) is 4.79 Å². The molecule has 0 saturated carbocycles. The van der Waals surface area contributed by atoms with Crippen LogP contribution in [0.3, 0.4) is 0 Å². The molecule has 2 aromatic rings. The number of thioether (sulfide) groups is 1. The van der Waals surface area contributed by atoms with Crippen LogP contribution in [-0.4, -0.2) is 11.7 Å². The standard InChI is InChI=1S/C16H16N2OS/c1-10-11(16(17)19)6-4-7-13(10)18-14-9-20-15-8-3-2-5-12(14)15/h2-8,14,18H,9H2,1H3,(H2,17,19). The minimum absolute atomic E-state index is 0.276. The number of hydrogen-bond donors (Lipinski definition) is 2. The number of nitrogens with one attached hydrogen (secondary N) is 1. The first kappa shape index (κ1) is 13.1. The Balaban J connectivity index is 1.90. The van der Waals surface area contributed by atoms with Crippen molar-refractivity contribution in [2.45, 2.75) is 17.9 Å². The predicted molar refractivity (Wildman–Crippen MR) is 83.2 cm³/mol. The smallest absolute Gasteiger partial charge is 0.249 e. The van der Waals surface area contributed by atoms with Gasteiger partial charge in [-0.25, -0.2) is 0 Å². The molecule has 3 N–H and O–H groups in total. The van der Waals surface area contributed by atoms with Gasteiger partial charge >= 0.3 is 0 Å². The minimum atomic E-state index is -0.382. The van der Waals surface area contributed by atoms with Crippen LogP contribution in [0, 0.1) is 6.92 Å². The second-order valence-corrected chi connectivity index (χ2v) is 5.95. The van der Waals surface area contributed by atoms with Gasteiger partial charge in [0.15, 0.2) is 0 Å². The fraction of sp³-hybridized carbons (Fsp3) is 0.188. The van der Waals surface area contributed by atoms with Crippen LogP contribution in [0.5, 0.6) is 0 Å². The van der Waals surface area contributed by atoms with Gasteiger partial charge in [0.05, 0.1) is 6.04 Å². The van der Waals surface area contributed by atoms with Crippen LogP contribution in [0.1, 0.15) is 27.5 Å². The fourth-order valence-corrected chi connectivity index (χ4v) is 3.69. The van der Waals surface area contributed by atoms with Gasteiger partial charge in [-0.3, -0.25) is 4.79 Å². The van der Waals surface area contributed by atoms with Crippen LogP contribution in [0.2, 0.25) is 0 Å². The van der Waals surface area contributed by atoms with Gasteiger partial charge < -0.3 is 11.1 Å². The molecule has 20 heavy (non-hydrogen) atoms. The molecule has 0 bridgehead atoms. The van der Waals surface area contributed by atoms with Crippen LogP contribution in [0.25, 0.3) is 0 Å². The number of rotatable bonds is 3. The normalized spacial score (nSPS) is 16.8. The molecule has 0 saturated heterocycles. The first-order chi connectivity index (χ1) is 9.66. The zero-order chi connectivity index (χ0) is 14.1. The molecule has 2 aromatic carbocycles. The molecule has 0 aliphatic carbocycles. The number of fused-ring (bicyclic) bond motifs is 1. The van der Waals surface area contributed by atoms with E-state index >= 15 is 0 Å². The van der Waals surface area contributed by atoms with E-state index in [4.69, 9.17) is 5.73 Å². The topological polar surface area (TPSA) is 55.1 Å². The third-order valence-corrected chi connectivity index (χ3v) is 4.81. The molecular weight excluding hydrogens is 268 g/mol. The average Bonchev–Trinajstić information content (AvgIpc) is 2.84. The summed E-state index contributed by atoms with van der Waals surface area (Å²) in [7, 11) is 0. The number of primary amides is 1. The summed E-state index contributed by atoms with van der Waals surface area (Å²) >= 11 is 1.86. The summed E-state index contributed by atoms with van der Waals surface area (Å²) in [6, 6.07) is 14.3. The average molecular weight is 284 g/mol. The Hall–Kier alpha value is -1.94. The Kier molecular flexibility index (Phi) is 3.40. The summed E-state index contributed by atoms with van der Waals surface area (Å²) in [6.45, 7) is 1.93. The summed E-state index contributed by atoms with van der Waals surface area (Å²) in [5.74, 6) is 0.618. The van der Waals surface area contributed by atoms with Gasteiger partial charge in [0.25, 0.3) is 0 Å². The lowest BCUT2D eigenvalue weighted by atomic mass is 10.0. The molecule has 0 fully saturated rings. The Labute approximate surface area is 122 Å². The van der Waals surface area contributed by atoms with E-state index < -0.39 is 0 Å². The van der Waals surface area contributed by atoms with Crippen LogP contribution in [0.4, 0.5) is 5.69 Å². The summed E-state index contributed by atoms with van der Waals surface area (Å²) < 4.78 is 0. The number of hydrogen-bond acceptors (Lipinski definition) is 3. The molecule has 1 aliphatic rings. The van der Waals surface area contributed by atoms with E-state index in [-0.39, 0.29) is 11.9 Å². The zero-order valence-corrected chi connectivity index (χ0v) is 12.0. The molecule has 0 aromatic heterocycles. The Morgan fingerprint density at radius 2 is 2.05 bits per heavy atom. The van der Waals surface area contributed by atoms with E-state index in [1.807, 2.05) is 30.8 Å². The maximum atomic E-state index is 11.4. The highest BCUT2D eigenvalue weighted by Crippen LogP contribution is 2.40. The van der Waals surface area contributed by atoms with Gasteiger partial charge in [-0.15, -0.1) is 11.8 Å². The highest BCUT2D eigenvalue weighted by Gasteiger charge is 2.23. The van der Waals surface area contributed by atoms with Crippen LogP contribution >= 0.6 is 11.8 Å². The highest BCUT2D eigenvalue weighted by molar-refractivity contribution is 7.99. The van der Waals surface area contributed by atoms with Crippen molar-refractivity contribution in [1.29, 1.82) is 0 Å². The first-order valence-electron chi connectivity index (χ1n) is 6.54.